The van der Waals surface area contributed by atoms with Crippen molar-refractivity contribution in [2.75, 3.05) is 5.32 Å². The van der Waals surface area contributed by atoms with Gasteiger partial charge >= 0.3 is 0 Å². The molecular weight excluding hydrogens is 450 g/mol. The lowest BCUT2D eigenvalue weighted by molar-refractivity contribution is -0.116. The van der Waals surface area contributed by atoms with Gasteiger partial charge in [0.2, 0.25) is 17.6 Å². The van der Waals surface area contributed by atoms with Crippen molar-refractivity contribution in [3.05, 3.63) is 57.3 Å². The van der Waals surface area contributed by atoms with Crippen molar-refractivity contribution >= 4 is 33.1 Å². The first-order valence-electron chi connectivity index (χ1n) is 11.5. The maximum Gasteiger partial charge on any atom is 0.262 e. The maximum absolute atomic E-state index is 13.0. The van der Waals surface area contributed by atoms with E-state index in [1.807, 2.05) is 32.9 Å². The molecule has 0 saturated heterocycles. The van der Waals surface area contributed by atoms with Crippen LogP contribution in [0.1, 0.15) is 56.4 Å². The quantitative estimate of drug-likeness (QED) is 0.446. The highest BCUT2D eigenvalue weighted by molar-refractivity contribution is 7.18. The number of anilines is 1. The van der Waals surface area contributed by atoms with Gasteiger partial charge in [-0.3, -0.25) is 14.2 Å². The summed E-state index contributed by atoms with van der Waals surface area (Å²) >= 11 is 1.63. The minimum absolute atomic E-state index is 0.0451. The third-order valence-electron chi connectivity index (χ3n) is 6.02. The van der Waals surface area contributed by atoms with Gasteiger partial charge in [0.15, 0.2) is 0 Å². The van der Waals surface area contributed by atoms with E-state index in [0.717, 1.165) is 35.0 Å². The first-order chi connectivity index (χ1) is 16.3. The number of benzene rings is 1. The summed E-state index contributed by atoms with van der Waals surface area (Å²) in [6, 6.07) is 7.29. The van der Waals surface area contributed by atoms with E-state index in [4.69, 9.17) is 4.52 Å². The molecule has 0 fully saturated rings. The van der Waals surface area contributed by atoms with Crippen molar-refractivity contribution in [2.45, 2.75) is 64.8 Å². The fourth-order valence-corrected chi connectivity index (χ4v) is 5.35. The number of carbonyl (C=O) groups is 1. The van der Waals surface area contributed by atoms with Crippen LogP contribution in [0.3, 0.4) is 0 Å². The SMILES string of the molecule is CC(C)(C)c1nc(-c2ccc(NC(=O)CCn3cnc4sc5c(c4c3=O)CCCC5)cc2)no1. The second kappa shape index (κ2) is 8.79. The van der Waals surface area contributed by atoms with E-state index in [0.29, 0.717) is 17.4 Å². The number of aromatic nitrogens is 4. The van der Waals surface area contributed by atoms with Crippen molar-refractivity contribution in [2.24, 2.45) is 0 Å². The average molecular weight is 478 g/mol. The fourth-order valence-electron chi connectivity index (χ4n) is 4.13. The van der Waals surface area contributed by atoms with Crippen LogP contribution < -0.4 is 10.9 Å². The number of carbonyl (C=O) groups excluding carboxylic acids is 1. The van der Waals surface area contributed by atoms with E-state index >= 15 is 0 Å². The van der Waals surface area contributed by atoms with Gasteiger partial charge in [0.25, 0.3) is 5.56 Å². The summed E-state index contributed by atoms with van der Waals surface area (Å²) in [4.78, 5) is 36.6. The van der Waals surface area contributed by atoms with Gasteiger partial charge in [-0.2, -0.15) is 4.98 Å². The highest BCUT2D eigenvalue weighted by Crippen LogP contribution is 2.33. The lowest BCUT2D eigenvalue weighted by atomic mass is 9.97. The van der Waals surface area contributed by atoms with Crippen molar-refractivity contribution in [1.82, 2.24) is 19.7 Å². The van der Waals surface area contributed by atoms with Gasteiger partial charge in [0.05, 0.1) is 11.7 Å². The number of rotatable bonds is 5. The summed E-state index contributed by atoms with van der Waals surface area (Å²) in [7, 11) is 0. The molecule has 176 valence electrons. The number of fused-ring (bicyclic) bond motifs is 3. The molecule has 0 aliphatic heterocycles. The van der Waals surface area contributed by atoms with Crippen molar-refractivity contribution in [3.63, 3.8) is 0 Å². The molecule has 1 aliphatic rings. The Kier molecular flexibility index (Phi) is 5.81. The minimum Gasteiger partial charge on any atom is -0.338 e. The highest BCUT2D eigenvalue weighted by Gasteiger charge is 2.22. The molecule has 4 aromatic rings. The zero-order valence-corrected chi connectivity index (χ0v) is 20.4. The van der Waals surface area contributed by atoms with Gasteiger partial charge in [0.1, 0.15) is 4.83 Å². The van der Waals surface area contributed by atoms with E-state index < -0.39 is 0 Å². The van der Waals surface area contributed by atoms with Crippen molar-refractivity contribution in [1.29, 1.82) is 0 Å². The topological polar surface area (TPSA) is 103 Å². The van der Waals surface area contributed by atoms with E-state index in [2.05, 4.69) is 20.4 Å². The number of hydrogen-bond donors (Lipinski definition) is 1. The Morgan fingerprint density at radius 1 is 1.18 bits per heavy atom. The van der Waals surface area contributed by atoms with E-state index in [9.17, 15) is 9.59 Å². The lowest BCUT2D eigenvalue weighted by Gasteiger charge is -2.10. The number of hydrogen-bond acceptors (Lipinski definition) is 7. The van der Waals surface area contributed by atoms with Crippen LogP contribution in [-0.4, -0.2) is 25.6 Å². The molecule has 3 aromatic heterocycles. The molecule has 1 aromatic carbocycles. The van der Waals surface area contributed by atoms with Crippen LogP contribution in [0.25, 0.3) is 21.6 Å². The number of thiophene rings is 1. The Morgan fingerprint density at radius 2 is 1.94 bits per heavy atom. The second-order valence-corrected chi connectivity index (χ2v) is 10.8. The van der Waals surface area contributed by atoms with Crippen LogP contribution in [0.2, 0.25) is 0 Å². The zero-order chi connectivity index (χ0) is 23.9. The Balaban J connectivity index is 1.24. The molecule has 3 heterocycles. The molecule has 0 bridgehead atoms. The first kappa shape index (κ1) is 22.5. The van der Waals surface area contributed by atoms with E-state index in [-0.39, 0.29) is 29.8 Å². The van der Waals surface area contributed by atoms with Crippen LogP contribution in [0, 0.1) is 0 Å². The number of nitrogens with one attached hydrogen (secondary N) is 1. The van der Waals surface area contributed by atoms with Gasteiger partial charge in [-0.25, -0.2) is 4.98 Å². The molecule has 8 nitrogen and oxygen atoms in total. The number of amides is 1. The van der Waals surface area contributed by atoms with E-state index in [1.165, 1.54) is 16.9 Å². The number of nitrogens with zero attached hydrogens (tertiary/aromatic N) is 4. The van der Waals surface area contributed by atoms with Gasteiger partial charge < -0.3 is 9.84 Å². The fraction of sp³-hybridized carbons (Fsp3) is 0.400. The standard InChI is InChI=1S/C25H27N5O3S/c1-25(2,3)24-28-21(29-33-24)15-8-10-16(11-9-15)27-19(31)12-13-30-14-26-22-20(23(30)32)17-6-4-5-7-18(17)34-22/h8-11,14H,4-7,12-13H2,1-3H3,(H,27,31). The van der Waals surface area contributed by atoms with Gasteiger partial charge in [-0.1, -0.05) is 25.9 Å². The third kappa shape index (κ3) is 4.40. The lowest BCUT2D eigenvalue weighted by Crippen LogP contribution is -2.24. The Morgan fingerprint density at radius 3 is 2.68 bits per heavy atom. The van der Waals surface area contributed by atoms with Crippen LogP contribution in [0.4, 0.5) is 5.69 Å². The summed E-state index contributed by atoms with van der Waals surface area (Å²) in [6.07, 6.45) is 5.99. The van der Waals surface area contributed by atoms with Crippen molar-refractivity contribution < 1.29 is 9.32 Å². The molecule has 0 atom stereocenters. The average Bonchev–Trinajstić information content (AvgIpc) is 3.45. The minimum atomic E-state index is -0.218. The Bertz CT molecular complexity index is 1410. The van der Waals surface area contributed by atoms with Crippen LogP contribution in [0.5, 0.6) is 0 Å². The molecule has 0 spiro atoms. The molecule has 1 aliphatic carbocycles. The Hall–Kier alpha value is -3.33. The third-order valence-corrected chi connectivity index (χ3v) is 7.22. The van der Waals surface area contributed by atoms with E-state index in [1.54, 1.807) is 34.4 Å². The first-order valence-corrected chi connectivity index (χ1v) is 12.4. The van der Waals surface area contributed by atoms with Crippen LogP contribution in [-0.2, 0) is 29.6 Å². The molecule has 0 radical (unpaired) electrons. The molecule has 0 unspecified atom stereocenters. The predicted molar refractivity (Wildman–Crippen MR) is 132 cm³/mol. The summed E-state index contributed by atoms with van der Waals surface area (Å²) in [5, 5.41) is 7.68. The van der Waals surface area contributed by atoms with Gasteiger partial charge in [0, 0.05) is 34.5 Å². The normalized spacial score (nSPS) is 13.7. The Labute approximate surface area is 201 Å². The molecule has 0 saturated carbocycles. The molecule has 5 rings (SSSR count). The molecule has 34 heavy (non-hydrogen) atoms. The van der Waals surface area contributed by atoms with Gasteiger partial charge in [-0.15, -0.1) is 11.3 Å². The summed E-state index contributed by atoms with van der Waals surface area (Å²) < 4.78 is 6.90. The summed E-state index contributed by atoms with van der Waals surface area (Å²) in [5.41, 5.74) is 2.38. The largest absolute Gasteiger partial charge is 0.338 e. The zero-order valence-electron chi connectivity index (χ0n) is 19.6. The maximum atomic E-state index is 13.0. The smallest absolute Gasteiger partial charge is 0.262 e. The van der Waals surface area contributed by atoms with Crippen LogP contribution in [0.15, 0.2) is 39.9 Å². The molecule has 1 amide bonds. The van der Waals surface area contributed by atoms with Crippen LogP contribution >= 0.6 is 11.3 Å². The second-order valence-electron chi connectivity index (χ2n) is 9.68. The predicted octanol–water partition coefficient (Wildman–Crippen LogP) is 4.71. The molecule has 1 N–H and O–H groups in total. The number of aryl methyl sites for hydroxylation is 3. The molecule has 9 heteroatoms. The summed E-state index contributed by atoms with van der Waals surface area (Å²) in [6.45, 7) is 6.33. The highest BCUT2D eigenvalue weighted by atomic mass is 32.1. The van der Waals surface area contributed by atoms with Gasteiger partial charge in [-0.05, 0) is 55.5 Å². The molecular formula is C25H27N5O3S. The van der Waals surface area contributed by atoms with Crippen molar-refractivity contribution in [3.8, 4) is 11.4 Å². The summed E-state index contributed by atoms with van der Waals surface area (Å²) in [5.74, 6) is 0.924. The monoisotopic (exact) mass is 477 g/mol.